The van der Waals surface area contributed by atoms with Crippen LogP contribution in [0.1, 0.15) is 25.7 Å². The molecule has 1 saturated carbocycles. The predicted molar refractivity (Wildman–Crippen MR) is 48.2 cm³/mol. The number of halogens is 1. The zero-order valence-corrected chi connectivity index (χ0v) is 7.89. The van der Waals surface area contributed by atoms with E-state index in [2.05, 4.69) is 0 Å². The van der Waals surface area contributed by atoms with Gasteiger partial charge in [-0.1, -0.05) is 0 Å². The first-order valence-electron chi connectivity index (χ1n) is 4.69. The van der Waals surface area contributed by atoms with Crippen molar-refractivity contribution in [1.82, 2.24) is 4.90 Å². The van der Waals surface area contributed by atoms with E-state index in [0.717, 1.165) is 32.2 Å². The number of hydrogen-bond donors (Lipinski definition) is 0. The van der Waals surface area contributed by atoms with E-state index < -0.39 is 0 Å². The second-order valence-electron chi connectivity index (χ2n) is 3.76. The number of hydrogen-bond acceptors (Lipinski definition) is 1. The Hall–Kier alpha value is -0.240. The Morgan fingerprint density at radius 2 is 2.17 bits per heavy atom. The van der Waals surface area contributed by atoms with Crippen LogP contribution >= 0.6 is 11.6 Å². The fraction of sp³-hybridized carbons (Fsp3) is 0.889. The van der Waals surface area contributed by atoms with Crippen LogP contribution in [0.25, 0.3) is 0 Å². The molecule has 1 aliphatic heterocycles. The first-order chi connectivity index (χ1) is 5.83. The quantitative estimate of drug-likeness (QED) is 0.602. The SMILES string of the molecule is O=C(C1CC1)N1CCCC1CCl. The summed E-state index contributed by atoms with van der Waals surface area (Å²) in [6, 6.07) is 0.333. The molecule has 1 heterocycles. The molecule has 0 bridgehead atoms. The first-order valence-corrected chi connectivity index (χ1v) is 5.23. The summed E-state index contributed by atoms with van der Waals surface area (Å²) in [7, 11) is 0. The van der Waals surface area contributed by atoms with E-state index in [1.54, 1.807) is 0 Å². The van der Waals surface area contributed by atoms with E-state index in [-0.39, 0.29) is 0 Å². The molecular weight excluding hydrogens is 174 g/mol. The van der Waals surface area contributed by atoms with Crippen molar-refractivity contribution in [2.75, 3.05) is 12.4 Å². The zero-order chi connectivity index (χ0) is 8.55. The summed E-state index contributed by atoms with van der Waals surface area (Å²) < 4.78 is 0. The molecule has 1 unspecified atom stereocenters. The van der Waals surface area contributed by atoms with E-state index in [0.29, 0.717) is 23.7 Å². The Kier molecular flexibility index (Phi) is 2.26. The fourth-order valence-corrected chi connectivity index (χ4v) is 2.17. The highest BCUT2D eigenvalue weighted by atomic mass is 35.5. The Morgan fingerprint density at radius 3 is 2.75 bits per heavy atom. The third-order valence-corrected chi connectivity index (χ3v) is 3.12. The maximum Gasteiger partial charge on any atom is 0.225 e. The topological polar surface area (TPSA) is 20.3 Å². The summed E-state index contributed by atoms with van der Waals surface area (Å²) in [5.74, 6) is 1.32. The Morgan fingerprint density at radius 1 is 1.42 bits per heavy atom. The third-order valence-electron chi connectivity index (χ3n) is 2.76. The van der Waals surface area contributed by atoms with Gasteiger partial charge >= 0.3 is 0 Å². The fourth-order valence-electron chi connectivity index (χ4n) is 1.85. The van der Waals surface area contributed by atoms with Gasteiger partial charge in [0.25, 0.3) is 0 Å². The third kappa shape index (κ3) is 1.45. The minimum atomic E-state index is 0.333. The van der Waals surface area contributed by atoms with Crippen molar-refractivity contribution in [3.05, 3.63) is 0 Å². The molecule has 0 aromatic rings. The number of carbonyl (C=O) groups is 1. The molecule has 12 heavy (non-hydrogen) atoms. The van der Waals surface area contributed by atoms with Crippen molar-refractivity contribution in [3.8, 4) is 0 Å². The van der Waals surface area contributed by atoms with Crippen LogP contribution in [0.2, 0.25) is 0 Å². The van der Waals surface area contributed by atoms with E-state index in [1.165, 1.54) is 0 Å². The van der Waals surface area contributed by atoms with E-state index in [9.17, 15) is 4.79 Å². The summed E-state index contributed by atoms with van der Waals surface area (Å²) >= 11 is 5.78. The highest BCUT2D eigenvalue weighted by Crippen LogP contribution is 2.33. The van der Waals surface area contributed by atoms with Crippen LogP contribution in [-0.2, 0) is 4.79 Å². The first kappa shape index (κ1) is 8.36. The van der Waals surface area contributed by atoms with Crippen LogP contribution < -0.4 is 0 Å². The molecule has 68 valence electrons. The van der Waals surface area contributed by atoms with Gasteiger partial charge in [-0.15, -0.1) is 11.6 Å². The van der Waals surface area contributed by atoms with Crippen molar-refractivity contribution in [2.45, 2.75) is 31.7 Å². The van der Waals surface area contributed by atoms with E-state index in [4.69, 9.17) is 11.6 Å². The van der Waals surface area contributed by atoms with Crippen LogP contribution in [0.15, 0.2) is 0 Å². The molecule has 0 aromatic carbocycles. The molecule has 2 fully saturated rings. The molecule has 0 spiro atoms. The van der Waals surface area contributed by atoms with Gasteiger partial charge in [0.15, 0.2) is 0 Å². The van der Waals surface area contributed by atoms with Crippen molar-refractivity contribution in [2.24, 2.45) is 5.92 Å². The van der Waals surface area contributed by atoms with Gasteiger partial charge in [0.1, 0.15) is 0 Å². The van der Waals surface area contributed by atoms with Crippen LogP contribution in [0.3, 0.4) is 0 Å². The molecule has 0 aromatic heterocycles. The van der Waals surface area contributed by atoms with Gasteiger partial charge in [-0.25, -0.2) is 0 Å². The summed E-state index contributed by atoms with van der Waals surface area (Å²) in [6.45, 7) is 0.937. The van der Waals surface area contributed by atoms with Gasteiger partial charge in [0, 0.05) is 24.4 Å². The predicted octanol–water partition coefficient (Wildman–Crippen LogP) is 1.63. The monoisotopic (exact) mass is 187 g/mol. The smallest absolute Gasteiger partial charge is 0.225 e. The minimum absolute atomic E-state index is 0.333. The molecule has 1 aliphatic carbocycles. The number of nitrogens with zero attached hydrogens (tertiary/aromatic N) is 1. The van der Waals surface area contributed by atoms with Crippen molar-refractivity contribution in [1.29, 1.82) is 0 Å². The number of alkyl halides is 1. The van der Waals surface area contributed by atoms with Gasteiger partial charge in [-0.3, -0.25) is 4.79 Å². The molecule has 0 radical (unpaired) electrons. The standard InChI is InChI=1S/C9H14ClNO/c10-6-8-2-1-5-11(8)9(12)7-3-4-7/h7-8H,1-6H2. The van der Waals surface area contributed by atoms with Crippen molar-refractivity contribution in [3.63, 3.8) is 0 Å². The normalized spacial score (nSPS) is 29.4. The van der Waals surface area contributed by atoms with Gasteiger partial charge < -0.3 is 4.90 Å². The molecule has 1 amide bonds. The molecule has 3 heteroatoms. The van der Waals surface area contributed by atoms with Gasteiger partial charge in [-0.2, -0.15) is 0 Å². The lowest BCUT2D eigenvalue weighted by Gasteiger charge is -2.22. The molecule has 1 atom stereocenters. The van der Waals surface area contributed by atoms with E-state index >= 15 is 0 Å². The number of carbonyl (C=O) groups excluding carboxylic acids is 1. The highest BCUT2D eigenvalue weighted by Gasteiger charge is 2.37. The summed E-state index contributed by atoms with van der Waals surface area (Å²) in [5.41, 5.74) is 0. The highest BCUT2D eigenvalue weighted by molar-refractivity contribution is 6.18. The number of rotatable bonds is 2. The molecule has 2 aliphatic rings. The average molecular weight is 188 g/mol. The minimum Gasteiger partial charge on any atom is -0.338 e. The molecular formula is C9H14ClNO. The van der Waals surface area contributed by atoms with Crippen LogP contribution in [0, 0.1) is 5.92 Å². The van der Waals surface area contributed by atoms with Gasteiger partial charge in [-0.05, 0) is 25.7 Å². The zero-order valence-electron chi connectivity index (χ0n) is 7.13. The molecule has 1 saturated heterocycles. The summed E-state index contributed by atoms with van der Waals surface area (Å²) in [6.07, 6.45) is 4.44. The summed E-state index contributed by atoms with van der Waals surface area (Å²) in [4.78, 5) is 13.6. The van der Waals surface area contributed by atoms with Crippen molar-refractivity contribution >= 4 is 17.5 Å². The Labute approximate surface area is 77.9 Å². The lowest BCUT2D eigenvalue weighted by molar-refractivity contribution is -0.133. The number of amides is 1. The summed E-state index contributed by atoms with van der Waals surface area (Å²) in [5, 5.41) is 0. The molecule has 0 N–H and O–H groups in total. The maximum absolute atomic E-state index is 11.6. The van der Waals surface area contributed by atoms with Gasteiger partial charge in [0.2, 0.25) is 5.91 Å². The van der Waals surface area contributed by atoms with Crippen LogP contribution in [0.5, 0.6) is 0 Å². The molecule has 2 nitrogen and oxygen atoms in total. The Bertz CT molecular complexity index is 191. The van der Waals surface area contributed by atoms with Crippen LogP contribution in [0.4, 0.5) is 0 Å². The number of likely N-dealkylation sites (tertiary alicyclic amines) is 1. The van der Waals surface area contributed by atoms with Crippen molar-refractivity contribution < 1.29 is 4.79 Å². The second kappa shape index (κ2) is 3.25. The van der Waals surface area contributed by atoms with Crippen LogP contribution in [-0.4, -0.2) is 29.3 Å². The largest absolute Gasteiger partial charge is 0.338 e. The Balaban J connectivity index is 1.96. The lowest BCUT2D eigenvalue weighted by Crippen LogP contribution is -2.37. The maximum atomic E-state index is 11.6. The average Bonchev–Trinajstić information content (AvgIpc) is 2.82. The van der Waals surface area contributed by atoms with E-state index in [1.807, 2.05) is 4.90 Å². The molecule has 2 rings (SSSR count). The second-order valence-corrected chi connectivity index (χ2v) is 4.06. The van der Waals surface area contributed by atoms with Gasteiger partial charge in [0.05, 0.1) is 0 Å². The lowest BCUT2D eigenvalue weighted by atomic mass is 10.2.